The van der Waals surface area contributed by atoms with Gasteiger partial charge in [0, 0.05) is 12.1 Å². The first kappa shape index (κ1) is 23.9. The number of anilines is 1. The van der Waals surface area contributed by atoms with E-state index in [1.54, 1.807) is 62.8 Å². The third kappa shape index (κ3) is 6.89. The molecule has 2 N–H and O–H groups in total. The summed E-state index contributed by atoms with van der Waals surface area (Å²) in [6.07, 6.45) is 0.640. The van der Waals surface area contributed by atoms with Gasteiger partial charge >= 0.3 is 0 Å². The number of rotatable bonds is 10. The van der Waals surface area contributed by atoms with Crippen LogP contribution in [0, 0.1) is 0 Å². The summed E-state index contributed by atoms with van der Waals surface area (Å²) in [5, 5.41) is 6.03. The summed E-state index contributed by atoms with van der Waals surface area (Å²) in [7, 11) is 3.17. The summed E-state index contributed by atoms with van der Waals surface area (Å²) >= 11 is 6.07. The van der Waals surface area contributed by atoms with Gasteiger partial charge in [-0.15, -0.1) is 0 Å². The van der Waals surface area contributed by atoms with Crippen molar-refractivity contribution in [1.29, 1.82) is 0 Å². The van der Waals surface area contributed by atoms with E-state index in [0.717, 1.165) is 5.56 Å². The van der Waals surface area contributed by atoms with Gasteiger partial charge in [-0.05, 0) is 60.5 Å². The van der Waals surface area contributed by atoms with Gasteiger partial charge in [0.15, 0.2) is 18.1 Å². The zero-order chi connectivity index (χ0) is 23.6. The van der Waals surface area contributed by atoms with E-state index in [4.69, 9.17) is 25.8 Å². The topological polar surface area (TPSA) is 85.9 Å². The molecule has 7 nitrogen and oxygen atoms in total. The van der Waals surface area contributed by atoms with Crippen molar-refractivity contribution < 1.29 is 23.8 Å². The van der Waals surface area contributed by atoms with Crippen LogP contribution in [0.15, 0.2) is 66.7 Å². The zero-order valence-corrected chi connectivity index (χ0v) is 19.1. The lowest BCUT2D eigenvalue weighted by molar-refractivity contribution is -0.123. The molecule has 0 radical (unpaired) electrons. The molecule has 0 aromatic heterocycles. The number of halogens is 1. The maximum Gasteiger partial charge on any atom is 0.257 e. The minimum atomic E-state index is -0.289. The minimum Gasteiger partial charge on any atom is -0.493 e. The smallest absolute Gasteiger partial charge is 0.257 e. The monoisotopic (exact) mass is 468 g/mol. The first-order chi connectivity index (χ1) is 16.0. The number of hydrogen-bond acceptors (Lipinski definition) is 5. The molecule has 33 heavy (non-hydrogen) atoms. The van der Waals surface area contributed by atoms with E-state index in [0.29, 0.717) is 46.5 Å². The molecular weight excluding hydrogens is 444 g/mol. The second kappa shape index (κ2) is 11.8. The van der Waals surface area contributed by atoms with E-state index in [2.05, 4.69) is 10.6 Å². The van der Waals surface area contributed by atoms with Crippen molar-refractivity contribution in [3.63, 3.8) is 0 Å². The molecule has 0 unspecified atom stereocenters. The molecule has 172 valence electrons. The molecule has 8 heteroatoms. The third-order valence-electron chi connectivity index (χ3n) is 4.79. The molecule has 0 fully saturated rings. The number of benzene rings is 3. The lowest BCUT2D eigenvalue weighted by Gasteiger charge is -2.11. The fourth-order valence-electron chi connectivity index (χ4n) is 3.04. The van der Waals surface area contributed by atoms with Gasteiger partial charge in [-0.3, -0.25) is 9.59 Å². The maximum absolute atomic E-state index is 12.4. The standard InChI is InChI=1S/C25H25ClN2O5/c1-31-22-12-7-17(15-23(22)32-2)13-14-27-24(29)16-33-19-10-8-18(9-11-19)25(30)28-21-6-4-3-5-20(21)26/h3-12,15H,13-14,16H2,1-2H3,(H,27,29)(H,28,30). The van der Waals surface area contributed by atoms with Crippen LogP contribution in [-0.4, -0.2) is 39.2 Å². The Hall–Kier alpha value is -3.71. The largest absolute Gasteiger partial charge is 0.493 e. The number of amides is 2. The predicted octanol–water partition coefficient (Wildman–Crippen LogP) is 4.35. The number of nitrogens with one attached hydrogen (secondary N) is 2. The Labute approximate surface area is 197 Å². The average Bonchev–Trinajstić information content (AvgIpc) is 2.84. The molecule has 0 heterocycles. The number of carbonyl (C=O) groups excluding carboxylic acids is 2. The normalized spacial score (nSPS) is 10.3. The Morgan fingerprint density at radius 2 is 1.64 bits per heavy atom. The van der Waals surface area contributed by atoms with Gasteiger partial charge in [-0.25, -0.2) is 0 Å². The number of hydrogen-bond donors (Lipinski definition) is 2. The Balaban J connectivity index is 1.43. The zero-order valence-electron chi connectivity index (χ0n) is 18.4. The number of carbonyl (C=O) groups is 2. The summed E-state index contributed by atoms with van der Waals surface area (Å²) in [5.74, 6) is 1.26. The lowest BCUT2D eigenvalue weighted by atomic mass is 10.1. The molecule has 0 spiro atoms. The van der Waals surface area contributed by atoms with Crippen LogP contribution < -0.4 is 24.8 Å². The highest BCUT2D eigenvalue weighted by atomic mass is 35.5. The van der Waals surface area contributed by atoms with E-state index in [1.165, 1.54) is 0 Å². The minimum absolute atomic E-state index is 0.128. The highest BCUT2D eigenvalue weighted by Crippen LogP contribution is 2.27. The van der Waals surface area contributed by atoms with E-state index in [1.807, 2.05) is 18.2 Å². The van der Waals surface area contributed by atoms with Crippen molar-refractivity contribution in [2.45, 2.75) is 6.42 Å². The van der Waals surface area contributed by atoms with E-state index in [9.17, 15) is 9.59 Å². The van der Waals surface area contributed by atoms with Gasteiger partial charge in [-0.2, -0.15) is 0 Å². The Bertz CT molecular complexity index is 1100. The van der Waals surface area contributed by atoms with Crippen LogP contribution >= 0.6 is 11.6 Å². The fourth-order valence-corrected chi connectivity index (χ4v) is 3.22. The van der Waals surface area contributed by atoms with Gasteiger partial charge in [-0.1, -0.05) is 29.8 Å². The average molecular weight is 469 g/mol. The van der Waals surface area contributed by atoms with Crippen LogP contribution in [-0.2, 0) is 11.2 Å². The molecule has 0 saturated carbocycles. The van der Waals surface area contributed by atoms with Crippen molar-refractivity contribution in [1.82, 2.24) is 5.32 Å². The molecule has 0 bridgehead atoms. The van der Waals surface area contributed by atoms with E-state index in [-0.39, 0.29) is 18.4 Å². The molecule has 3 aromatic carbocycles. The third-order valence-corrected chi connectivity index (χ3v) is 5.12. The van der Waals surface area contributed by atoms with Crippen molar-refractivity contribution >= 4 is 29.1 Å². The summed E-state index contributed by atoms with van der Waals surface area (Å²) < 4.78 is 16.0. The molecule has 0 saturated heterocycles. The van der Waals surface area contributed by atoms with Crippen LogP contribution in [0.4, 0.5) is 5.69 Å². The van der Waals surface area contributed by atoms with Crippen molar-refractivity contribution in [3.8, 4) is 17.2 Å². The van der Waals surface area contributed by atoms with Crippen LogP contribution in [0.3, 0.4) is 0 Å². The van der Waals surface area contributed by atoms with Gasteiger partial charge < -0.3 is 24.8 Å². The second-order valence-corrected chi connectivity index (χ2v) is 7.44. The SMILES string of the molecule is COc1ccc(CCNC(=O)COc2ccc(C(=O)Nc3ccccc3Cl)cc2)cc1OC. The molecule has 0 aliphatic carbocycles. The molecule has 0 aliphatic heterocycles. The second-order valence-electron chi connectivity index (χ2n) is 7.04. The maximum atomic E-state index is 12.4. The number of para-hydroxylation sites is 1. The summed E-state index contributed by atoms with van der Waals surface area (Å²) in [6, 6.07) is 19.2. The number of ether oxygens (including phenoxy) is 3. The summed E-state index contributed by atoms with van der Waals surface area (Å²) in [6.45, 7) is 0.329. The van der Waals surface area contributed by atoms with Gasteiger partial charge in [0.2, 0.25) is 0 Å². The quantitative estimate of drug-likeness (QED) is 0.462. The Morgan fingerprint density at radius 1 is 0.909 bits per heavy atom. The lowest BCUT2D eigenvalue weighted by Crippen LogP contribution is -2.30. The van der Waals surface area contributed by atoms with Crippen molar-refractivity contribution in [3.05, 3.63) is 82.9 Å². The van der Waals surface area contributed by atoms with Crippen LogP contribution in [0.2, 0.25) is 5.02 Å². The molecule has 0 aliphatic rings. The van der Waals surface area contributed by atoms with Crippen molar-refractivity contribution in [2.75, 3.05) is 32.7 Å². The fraction of sp³-hybridized carbons (Fsp3) is 0.200. The first-order valence-electron chi connectivity index (χ1n) is 10.3. The Morgan fingerprint density at radius 3 is 2.33 bits per heavy atom. The Kier molecular flexibility index (Phi) is 8.55. The van der Waals surface area contributed by atoms with Crippen LogP contribution in [0.5, 0.6) is 17.2 Å². The van der Waals surface area contributed by atoms with E-state index >= 15 is 0 Å². The van der Waals surface area contributed by atoms with Crippen LogP contribution in [0.1, 0.15) is 15.9 Å². The molecular formula is C25H25ClN2O5. The summed E-state index contributed by atoms with van der Waals surface area (Å²) in [5.41, 5.74) is 2.00. The molecule has 2 amide bonds. The number of methoxy groups -OCH3 is 2. The van der Waals surface area contributed by atoms with E-state index < -0.39 is 0 Å². The van der Waals surface area contributed by atoms with Gasteiger partial charge in [0.25, 0.3) is 11.8 Å². The summed E-state index contributed by atoms with van der Waals surface area (Å²) in [4.78, 5) is 24.4. The molecule has 3 rings (SSSR count). The van der Waals surface area contributed by atoms with Crippen LogP contribution in [0.25, 0.3) is 0 Å². The molecule has 0 atom stereocenters. The van der Waals surface area contributed by atoms with Gasteiger partial charge in [0.05, 0.1) is 24.9 Å². The highest BCUT2D eigenvalue weighted by molar-refractivity contribution is 6.33. The van der Waals surface area contributed by atoms with Crippen molar-refractivity contribution in [2.24, 2.45) is 0 Å². The first-order valence-corrected chi connectivity index (χ1v) is 10.6. The van der Waals surface area contributed by atoms with Gasteiger partial charge in [0.1, 0.15) is 5.75 Å². The predicted molar refractivity (Wildman–Crippen MR) is 128 cm³/mol. The molecule has 3 aromatic rings. The highest BCUT2D eigenvalue weighted by Gasteiger charge is 2.09.